The summed E-state index contributed by atoms with van der Waals surface area (Å²) in [7, 11) is 0. The standard InChI is InChI=1S/C23H13F5N6O2/c1-2-13-17(6-8-31-21(13)29)36-19-15(24)9-12(10-16(19)25)33-22(35)14-11-32-34(20(14)23(26,27)28)18-5-3-4-7-30-18/h1,3-11H,(H2,29,31)(H,33,35). The van der Waals surface area contributed by atoms with E-state index < -0.39 is 46.4 Å². The molecule has 1 amide bonds. The number of rotatable bonds is 5. The van der Waals surface area contributed by atoms with Crippen molar-refractivity contribution >= 4 is 17.4 Å². The molecule has 8 nitrogen and oxygen atoms in total. The average Bonchev–Trinajstić information content (AvgIpc) is 3.28. The number of nitrogen functional groups attached to an aromatic ring is 1. The summed E-state index contributed by atoms with van der Waals surface area (Å²) in [5, 5.41) is 5.64. The quantitative estimate of drug-likeness (QED) is 0.307. The molecule has 36 heavy (non-hydrogen) atoms. The van der Waals surface area contributed by atoms with Crippen LogP contribution >= 0.6 is 0 Å². The number of carbonyl (C=O) groups excluding carboxylic acids is 1. The number of benzene rings is 1. The zero-order chi connectivity index (χ0) is 26.0. The summed E-state index contributed by atoms with van der Waals surface area (Å²) in [6, 6.07) is 6.74. The summed E-state index contributed by atoms with van der Waals surface area (Å²) < 4.78 is 76.3. The second-order valence-corrected chi connectivity index (χ2v) is 7.04. The third kappa shape index (κ3) is 4.64. The number of pyridine rings is 2. The summed E-state index contributed by atoms with van der Waals surface area (Å²) in [6.45, 7) is 0. The normalized spacial score (nSPS) is 11.1. The zero-order valence-electron chi connectivity index (χ0n) is 17.8. The molecule has 0 aliphatic rings. The molecule has 3 heterocycles. The van der Waals surface area contributed by atoms with E-state index in [2.05, 4.69) is 21.0 Å². The number of anilines is 2. The van der Waals surface area contributed by atoms with Crippen LogP contribution in [0.5, 0.6) is 11.5 Å². The highest BCUT2D eigenvalue weighted by molar-refractivity contribution is 6.05. The molecule has 0 atom stereocenters. The van der Waals surface area contributed by atoms with Crippen molar-refractivity contribution in [2.24, 2.45) is 0 Å². The number of hydrogen-bond donors (Lipinski definition) is 2. The highest BCUT2D eigenvalue weighted by Crippen LogP contribution is 2.35. The van der Waals surface area contributed by atoms with E-state index in [0.29, 0.717) is 23.0 Å². The van der Waals surface area contributed by atoms with E-state index in [1.54, 1.807) is 0 Å². The van der Waals surface area contributed by atoms with E-state index in [0.717, 1.165) is 0 Å². The number of hydrogen-bond acceptors (Lipinski definition) is 6. The first-order valence-corrected chi connectivity index (χ1v) is 9.86. The number of amides is 1. The lowest BCUT2D eigenvalue weighted by atomic mass is 10.2. The van der Waals surface area contributed by atoms with Gasteiger partial charge in [0.25, 0.3) is 5.91 Å². The van der Waals surface area contributed by atoms with Gasteiger partial charge in [0.2, 0.25) is 0 Å². The number of alkyl halides is 3. The van der Waals surface area contributed by atoms with Crippen molar-refractivity contribution in [3.63, 3.8) is 0 Å². The van der Waals surface area contributed by atoms with Gasteiger partial charge in [0.15, 0.2) is 28.9 Å². The number of carbonyl (C=O) groups is 1. The van der Waals surface area contributed by atoms with Crippen LogP contribution in [0.1, 0.15) is 21.6 Å². The average molecular weight is 500 g/mol. The maximum absolute atomic E-state index is 14.7. The number of ether oxygens (including phenoxy) is 1. The van der Waals surface area contributed by atoms with Crippen LogP contribution in [0.2, 0.25) is 0 Å². The Labute approximate surface area is 199 Å². The van der Waals surface area contributed by atoms with E-state index in [4.69, 9.17) is 16.9 Å². The fraction of sp³-hybridized carbons (Fsp3) is 0.0435. The second kappa shape index (κ2) is 9.34. The van der Waals surface area contributed by atoms with Crippen molar-refractivity contribution in [3.8, 4) is 29.7 Å². The number of aromatic nitrogens is 4. The van der Waals surface area contributed by atoms with Crippen molar-refractivity contribution < 1.29 is 31.5 Å². The molecule has 1 aromatic carbocycles. The molecule has 0 aliphatic carbocycles. The summed E-state index contributed by atoms with van der Waals surface area (Å²) >= 11 is 0. The second-order valence-electron chi connectivity index (χ2n) is 7.04. The van der Waals surface area contributed by atoms with Gasteiger partial charge in [-0.1, -0.05) is 12.0 Å². The van der Waals surface area contributed by atoms with Gasteiger partial charge in [0, 0.05) is 36.3 Å². The van der Waals surface area contributed by atoms with Crippen LogP contribution in [0.25, 0.3) is 5.82 Å². The molecular weight excluding hydrogens is 487 g/mol. The van der Waals surface area contributed by atoms with Gasteiger partial charge in [0.1, 0.15) is 17.1 Å². The molecule has 0 saturated carbocycles. The van der Waals surface area contributed by atoms with Gasteiger partial charge in [-0.3, -0.25) is 4.79 Å². The SMILES string of the molecule is C#Cc1c(Oc2c(F)cc(NC(=O)c3cnn(-c4ccccn4)c3C(F)(F)F)cc2F)ccnc1N. The molecule has 0 radical (unpaired) electrons. The molecule has 0 aliphatic heterocycles. The van der Waals surface area contributed by atoms with Gasteiger partial charge in [-0.05, 0) is 12.1 Å². The Balaban J connectivity index is 1.64. The first-order chi connectivity index (χ1) is 17.1. The third-order valence-corrected chi connectivity index (χ3v) is 4.70. The Morgan fingerprint density at radius 2 is 1.83 bits per heavy atom. The van der Waals surface area contributed by atoms with Crippen molar-refractivity contribution in [2.45, 2.75) is 6.18 Å². The van der Waals surface area contributed by atoms with Gasteiger partial charge in [-0.15, -0.1) is 6.42 Å². The Morgan fingerprint density at radius 1 is 1.11 bits per heavy atom. The zero-order valence-corrected chi connectivity index (χ0v) is 17.8. The van der Waals surface area contributed by atoms with Gasteiger partial charge < -0.3 is 15.8 Å². The Bertz CT molecular complexity index is 1470. The Kier molecular flexibility index (Phi) is 6.26. The lowest BCUT2D eigenvalue weighted by Crippen LogP contribution is -2.21. The first-order valence-electron chi connectivity index (χ1n) is 9.86. The van der Waals surface area contributed by atoms with Gasteiger partial charge >= 0.3 is 6.18 Å². The van der Waals surface area contributed by atoms with Crippen molar-refractivity contribution in [2.75, 3.05) is 11.1 Å². The molecular formula is C23H13F5N6O2. The molecule has 3 N–H and O–H groups in total. The minimum Gasteiger partial charge on any atom is -0.450 e. The number of nitrogens with one attached hydrogen (secondary N) is 1. The number of halogens is 5. The van der Waals surface area contributed by atoms with E-state index >= 15 is 0 Å². The van der Waals surface area contributed by atoms with Gasteiger partial charge in [-0.25, -0.2) is 23.4 Å². The summed E-state index contributed by atoms with van der Waals surface area (Å²) in [5.41, 5.74) is 2.79. The lowest BCUT2D eigenvalue weighted by molar-refractivity contribution is -0.143. The van der Waals surface area contributed by atoms with Gasteiger partial charge in [-0.2, -0.15) is 18.3 Å². The van der Waals surface area contributed by atoms with Crippen LogP contribution in [-0.4, -0.2) is 25.7 Å². The van der Waals surface area contributed by atoms with Crippen molar-refractivity contribution in [1.82, 2.24) is 19.7 Å². The fourth-order valence-corrected chi connectivity index (χ4v) is 3.17. The number of nitrogens with two attached hydrogens (primary N) is 1. The summed E-state index contributed by atoms with van der Waals surface area (Å²) in [4.78, 5) is 20.2. The van der Waals surface area contributed by atoms with Crippen molar-refractivity contribution in [1.29, 1.82) is 0 Å². The Hall–Kier alpha value is -4.99. The predicted molar refractivity (Wildman–Crippen MR) is 117 cm³/mol. The highest BCUT2D eigenvalue weighted by Gasteiger charge is 2.41. The molecule has 3 aromatic heterocycles. The highest BCUT2D eigenvalue weighted by atomic mass is 19.4. The molecule has 13 heteroatoms. The summed E-state index contributed by atoms with van der Waals surface area (Å²) in [5.74, 6) is -3.00. The molecule has 4 aromatic rings. The van der Waals surface area contributed by atoms with Crippen LogP contribution in [-0.2, 0) is 6.18 Å². The van der Waals surface area contributed by atoms with Crippen LogP contribution in [0.4, 0.5) is 33.5 Å². The van der Waals surface area contributed by atoms with Crippen LogP contribution < -0.4 is 15.8 Å². The molecule has 0 bridgehead atoms. The molecule has 0 fully saturated rings. The van der Waals surface area contributed by atoms with E-state index in [1.165, 1.54) is 36.7 Å². The first kappa shape index (κ1) is 24.1. The Morgan fingerprint density at radius 3 is 2.44 bits per heavy atom. The number of terminal acetylenes is 1. The minimum absolute atomic E-state index is 0.0433. The molecule has 4 rings (SSSR count). The largest absolute Gasteiger partial charge is 0.450 e. The van der Waals surface area contributed by atoms with E-state index in [1.807, 2.05) is 5.32 Å². The predicted octanol–water partition coefficient (Wildman–Crippen LogP) is 4.57. The maximum atomic E-state index is 14.7. The number of nitrogens with zero attached hydrogens (tertiary/aromatic N) is 4. The molecule has 0 unspecified atom stereocenters. The van der Waals surface area contributed by atoms with Gasteiger partial charge in [0.05, 0.1) is 11.8 Å². The topological polar surface area (TPSA) is 108 Å². The third-order valence-electron chi connectivity index (χ3n) is 4.70. The van der Waals surface area contributed by atoms with E-state index in [9.17, 15) is 26.7 Å². The van der Waals surface area contributed by atoms with Crippen LogP contribution in [0, 0.1) is 24.0 Å². The smallest absolute Gasteiger partial charge is 0.434 e. The summed E-state index contributed by atoms with van der Waals surface area (Å²) in [6.07, 6.45) is 3.45. The van der Waals surface area contributed by atoms with Crippen LogP contribution in [0.15, 0.2) is 55.0 Å². The van der Waals surface area contributed by atoms with Crippen LogP contribution in [0.3, 0.4) is 0 Å². The molecule has 0 saturated heterocycles. The molecule has 182 valence electrons. The monoisotopic (exact) mass is 500 g/mol. The van der Waals surface area contributed by atoms with E-state index in [-0.39, 0.29) is 22.9 Å². The maximum Gasteiger partial charge on any atom is 0.434 e. The lowest BCUT2D eigenvalue weighted by Gasteiger charge is -2.13. The van der Waals surface area contributed by atoms with Crippen molar-refractivity contribution in [3.05, 3.63) is 83.4 Å². The fourth-order valence-electron chi connectivity index (χ4n) is 3.17. The molecule has 0 spiro atoms. The minimum atomic E-state index is -5.00.